The zero-order valence-electron chi connectivity index (χ0n) is 13.7. The summed E-state index contributed by atoms with van der Waals surface area (Å²) in [6, 6.07) is 0.628. The number of nitrogens with one attached hydrogen (secondary N) is 1. The van der Waals surface area contributed by atoms with Crippen molar-refractivity contribution in [1.82, 2.24) is 10.2 Å². The molecule has 0 aromatic carbocycles. The molecule has 0 bridgehead atoms. The van der Waals surface area contributed by atoms with E-state index in [9.17, 15) is 5.11 Å². The Balaban J connectivity index is 1.82. The molecule has 2 aliphatic rings. The third-order valence-electron chi connectivity index (χ3n) is 4.85. The monoisotopic (exact) mass is 282 g/mol. The van der Waals surface area contributed by atoms with Crippen molar-refractivity contribution in [2.24, 2.45) is 17.3 Å². The Morgan fingerprint density at radius 3 is 2.45 bits per heavy atom. The average molecular weight is 282 g/mol. The summed E-state index contributed by atoms with van der Waals surface area (Å²) >= 11 is 0. The van der Waals surface area contributed by atoms with E-state index in [-0.39, 0.29) is 6.61 Å². The number of aliphatic hydroxyl groups is 1. The van der Waals surface area contributed by atoms with Crippen LogP contribution in [0.5, 0.6) is 0 Å². The zero-order chi connectivity index (χ0) is 14.6. The van der Waals surface area contributed by atoms with Gasteiger partial charge in [-0.2, -0.15) is 0 Å². The van der Waals surface area contributed by atoms with Crippen LogP contribution in [0, 0.1) is 17.3 Å². The lowest BCUT2D eigenvalue weighted by Crippen LogP contribution is -2.51. The maximum Gasteiger partial charge on any atom is 0.0558 e. The van der Waals surface area contributed by atoms with Crippen molar-refractivity contribution in [2.45, 2.75) is 58.9 Å². The fourth-order valence-corrected chi connectivity index (χ4v) is 3.82. The largest absolute Gasteiger partial charge is 0.395 e. The molecule has 1 saturated heterocycles. The van der Waals surface area contributed by atoms with E-state index in [2.05, 4.69) is 31.0 Å². The van der Waals surface area contributed by atoms with Crippen molar-refractivity contribution >= 4 is 0 Å². The maximum atomic E-state index is 9.23. The van der Waals surface area contributed by atoms with Gasteiger partial charge in [-0.05, 0) is 49.5 Å². The summed E-state index contributed by atoms with van der Waals surface area (Å²) in [5.41, 5.74) is 0.408. The number of piperidine rings is 1. The summed E-state index contributed by atoms with van der Waals surface area (Å²) in [6.45, 7) is 11.6. The normalized spacial score (nSPS) is 29.4. The highest BCUT2D eigenvalue weighted by molar-refractivity contribution is 4.86. The second kappa shape index (κ2) is 7.24. The molecule has 1 aliphatic heterocycles. The van der Waals surface area contributed by atoms with E-state index < -0.39 is 0 Å². The van der Waals surface area contributed by atoms with Crippen molar-refractivity contribution < 1.29 is 5.11 Å². The third kappa shape index (κ3) is 5.34. The first-order valence-electron chi connectivity index (χ1n) is 8.53. The lowest BCUT2D eigenvalue weighted by Gasteiger charge is -2.41. The molecule has 1 heterocycles. The molecule has 2 rings (SSSR count). The van der Waals surface area contributed by atoms with Gasteiger partial charge in [-0.25, -0.2) is 0 Å². The van der Waals surface area contributed by atoms with E-state index in [0.29, 0.717) is 11.5 Å². The Morgan fingerprint density at radius 2 is 1.90 bits per heavy atom. The molecular weight excluding hydrogens is 248 g/mol. The number of likely N-dealkylation sites (tertiary alicyclic amines) is 1. The highest BCUT2D eigenvalue weighted by atomic mass is 16.3. The Labute approximate surface area is 125 Å². The Hall–Kier alpha value is -0.120. The van der Waals surface area contributed by atoms with Crippen LogP contribution < -0.4 is 5.32 Å². The molecule has 3 heteroatoms. The fraction of sp³-hybridized carbons (Fsp3) is 1.00. The number of aliphatic hydroxyl groups excluding tert-OH is 1. The first-order valence-corrected chi connectivity index (χ1v) is 8.53. The maximum absolute atomic E-state index is 9.23. The van der Waals surface area contributed by atoms with E-state index in [0.717, 1.165) is 24.9 Å². The van der Waals surface area contributed by atoms with Crippen LogP contribution >= 0.6 is 0 Å². The van der Waals surface area contributed by atoms with Crippen LogP contribution in [-0.2, 0) is 0 Å². The number of β-amino-alcohol motifs (C(OH)–C–C–N with tert-alkyl or cyclic N) is 1. The van der Waals surface area contributed by atoms with Crippen molar-refractivity contribution in [3.05, 3.63) is 0 Å². The molecule has 3 nitrogen and oxygen atoms in total. The molecule has 0 aromatic heterocycles. The van der Waals surface area contributed by atoms with E-state index in [4.69, 9.17) is 0 Å². The van der Waals surface area contributed by atoms with E-state index >= 15 is 0 Å². The van der Waals surface area contributed by atoms with Crippen molar-refractivity contribution in [3.8, 4) is 0 Å². The fourth-order valence-electron chi connectivity index (χ4n) is 3.82. The first kappa shape index (κ1) is 16.3. The van der Waals surface area contributed by atoms with Crippen LogP contribution in [0.2, 0.25) is 0 Å². The highest BCUT2D eigenvalue weighted by Crippen LogP contribution is 2.31. The van der Waals surface area contributed by atoms with Crippen LogP contribution in [0.3, 0.4) is 0 Å². The highest BCUT2D eigenvalue weighted by Gasteiger charge is 2.30. The van der Waals surface area contributed by atoms with Gasteiger partial charge in [0.2, 0.25) is 0 Å². The van der Waals surface area contributed by atoms with Gasteiger partial charge in [-0.1, -0.05) is 27.2 Å². The number of rotatable bonds is 6. The lowest BCUT2D eigenvalue weighted by atomic mass is 9.79. The second-order valence-corrected chi connectivity index (χ2v) is 8.25. The molecule has 2 unspecified atom stereocenters. The standard InChI is InChI=1S/C17H34N2O/c1-17(2,3)10-15-9-16(13-19(12-15)7-8-20)18-11-14-5-4-6-14/h14-16,18,20H,4-13H2,1-3H3. The molecule has 2 N–H and O–H groups in total. The topological polar surface area (TPSA) is 35.5 Å². The van der Waals surface area contributed by atoms with Crippen molar-refractivity contribution in [3.63, 3.8) is 0 Å². The van der Waals surface area contributed by atoms with Crippen LogP contribution in [0.15, 0.2) is 0 Å². The van der Waals surface area contributed by atoms with Crippen LogP contribution in [0.25, 0.3) is 0 Å². The van der Waals surface area contributed by atoms with Crippen LogP contribution in [-0.4, -0.2) is 48.8 Å². The molecule has 2 fully saturated rings. The summed E-state index contributed by atoms with van der Waals surface area (Å²) in [7, 11) is 0. The quantitative estimate of drug-likeness (QED) is 0.786. The van der Waals surface area contributed by atoms with Crippen LogP contribution in [0.1, 0.15) is 52.9 Å². The molecule has 1 saturated carbocycles. The molecule has 0 spiro atoms. The molecule has 0 amide bonds. The van der Waals surface area contributed by atoms with E-state index in [1.807, 2.05) is 0 Å². The number of nitrogens with zero attached hydrogens (tertiary/aromatic N) is 1. The minimum atomic E-state index is 0.289. The number of hydrogen-bond acceptors (Lipinski definition) is 3. The molecule has 2 atom stereocenters. The predicted octanol–water partition coefficient (Wildman–Crippen LogP) is 2.50. The van der Waals surface area contributed by atoms with Gasteiger partial charge < -0.3 is 10.4 Å². The first-order chi connectivity index (χ1) is 9.46. The van der Waals surface area contributed by atoms with E-state index in [1.165, 1.54) is 45.2 Å². The second-order valence-electron chi connectivity index (χ2n) is 8.25. The van der Waals surface area contributed by atoms with Gasteiger partial charge in [0, 0.05) is 25.7 Å². The summed E-state index contributed by atoms with van der Waals surface area (Å²) in [5, 5.41) is 13.0. The molecule has 0 radical (unpaired) electrons. The Bertz CT molecular complexity index is 283. The molecular formula is C17H34N2O. The van der Waals surface area contributed by atoms with Gasteiger partial charge in [-0.3, -0.25) is 4.90 Å². The molecule has 1 aliphatic carbocycles. The third-order valence-corrected chi connectivity index (χ3v) is 4.85. The van der Waals surface area contributed by atoms with Crippen LogP contribution in [0.4, 0.5) is 0 Å². The summed E-state index contributed by atoms with van der Waals surface area (Å²) < 4.78 is 0. The lowest BCUT2D eigenvalue weighted by molar-refractivity contribution is 0.0928. The summed E-state index contributed by atoms with van der Waals surface area (Å²) in [4.78, 5) is 2.46. The molecule has 0 aromatic rings. The van der Waals surface area contributed by atoms with Gasteiger partial charge >= 0.3 is 0 Å². The Morgan fingerprint density at radius 1 is 1.15 bits per heavy atom. The molecule has 118 valence electrons. The van der Waals surface area contributed by atoms with Gasteiger partial charge in [-0.15, -0.1) is 0 Å². The van der Waals surface area contributed by atoms with Crippen molar-refractivity contribution in [1.29, 1.82) is 0 Å². The van der Waals surface area contributed by atoms with E-state index in [1.54, 1.807) is 0 Å². The zero-order valence-corrected chi connectivity index (χ0v) is 13.7. The predicted molar refractivity (Wildman–Crippen MR) is 84.8 cm³/mol. The van der Waals surface area contributed by atoms with Gasteiger partial charge in [0.15, 0.2) is 0 Å². The van der Waals surface area contributed by atoms with Gasteiger partial charge in [0.25, 0.3) is 0 Å². The Kier molecular flexibility index (Phi) is 5.88. The van der Waals surface area contributed by atoms with Gasteiger partial charge in [0.1, 0.15) is 0 Å². The van der Waals surface area contributed by atoms with Gasteiger partial charge in [0.05, 0.1) is 6.61 Å². The SMILES string of the molecule is CC(C)(C)CC1CC(NCC2CCC2)CN(CCO)C1. The number of hydrogen-bond donors (Lipinski definition) is 2. The average Bonchev–Trinajstić information content (AvgIpc) is 2.24. The minimum absolute atomic E-state index is 0.289. The van der Waals surface area contributed by atoms with Crippen molar-refractivity contribution in [2.75, 3.05) is 32.8 Å². The molecule has 20 heavy (non-hydrogen) atoms. The minimum Gasteiger partial charge on any atom is -0.395 e. The summed E-state index contributed by atoms with van der Waals surface area (Å²) in [5.74, 6) is 1.71. The smallest absolute Gasteiger partial charge is 0.0558 e. The summed E-state index contributed by atoms with van der Waals surface area (Å²) in [6.07, 6.45) is 6.87.